The summed E-state index contributed by atoms with van der Waals surface area (Å²) in [6.45, 7) is 0. The normalized spacial score (nSPS) is 16.4. The molecule has 0 radical (unpaired) electrons. The van der Waals surface area contributed by atoms with Gasteiger partial charge in [0.15, 0.2) is 0 Å². The lowest BCUT2D eigenvalue weighted by Gasteiger charge is -2.33. The molecule has 3 rings (SSSR count). The van der Waals surface area contributed by atoms with Crippen molar-refractivity contribution in [1.82, 2.24) is 0 Å². The largest absolute Gasteiger partial charge is 0.417 e. The van der Waals surface area contributed by atoms with Gasteiger partial charge in [0.1, 0.15) is 0 Å². The Kier molecular flexibility index (Phi) is 7.47. The van der Waals surface area contributed by atoms with E-state index in [0.717, 1.165) is 42.8 Å². The van der Waals surface area contributed by atoms with Crippen molar-refractivity contribution in [2.24, 2.45) is 5.92 Å². The predicted octanol–water partition coefficient (Wildman–Crippen LogP) is 5.90. The summed E-state index contributed by atoms with van der Waals surface area (Å²) in [6.07, 6.45) is -6.21. The van der Waals surface area contributed by atoms with Gasteiger partial charge in [-0.2, -0.15) is 31.6 Å². The van der Waals surface area contributed by atoms with Crippen LogP contribution >= 0.6 is 0 Å². The van der Waals surface area contributed by atoms with E-state index in [9.17, 15) is 36.2 Å². The number of nitrogens with one attached hydrogen (secondary N) is 1. The van der Waals surface area contributed by atoms with Crippen molar-refractivity contribution in [3.05, 3.63) is 64.7 Å². The number of aliphatic hydroxyl groups is 1. The molecule has 1 aliphatic rings. The van der Waals surface area contributed by atoms with Gasteiger partial charge < -0.3 is 10.4 Å². The number of carbonyl (C=O) groups excluding carboxylic acids is 1. The molecule has 0 bridgehead atoms. The van der Waals surface area contributed by atoms with Crippen molar-refractivity contribution in [1.29, 1.82) is 5.26 Å². The van der Waals surface area contributed by atoms with E-state index in [-0.39, 0.29) is 11.3 Å². The molecule has 0 aliphatic heterocycles. The zero-order valence-electron chi connectivity index (χ0n) is 18.2. The zero-order chi connectivity index (χ0) is 25.9. The van der Waals surface area contributed by atoms with Crippen LogP contribution in [-0.2, 0) is 17.1 Å². The van der Waals surface area contributed by atoms with Crippen LogP contribution in [0.25, 0.3) is 0 Å². The highest BCUT2D eigenvalue weighted by Gasteiger charge is 2.43. The fourth-order valence-electron chi connectivity index (χ4n) is 3.95. The first kappa shape index (κ1) is 26.1. The zero-order valence-corrected chi connectivity index (χ0v) is 18.2. The van der Waals surface area contributed by atoms with Crippen LogP contribution in [0.1, 0.15) is 54.4 Å². The second-order valence-electron chi connectivity index (χ2n) is 8.25. The fourth-order valence-corrected chi connectivity index (χ4v) is 3.95. The highest BCUT2D eigenvalue weighted by atomic mass is 19.4. The average Bonchev–Trinajstić information content (AvgIpc) is 2.82. The van der Waals surface area contributed by atoms with Gasteiger partial charge in [-0.1, -0.05) is 31.1 Å². The Morgan fingerprint density at radius 2 is 1.57 bits per heavy atom. The van der Waals surface area contributed by atoms with E-state index in [1.807, 2.05) is 0 Å². The molecular formula is C25H20F6N2O2. The van der Waals surface area contributed by atoms with E-state index in [1.54, 1.807) is 0 Å². The Labute approximate surface area is 197 Å². The molecule has 1 amide bonds. The summed E-state index contributed by atoms with van der Waals surface area (Å²) < 4.78 is 78.2. The molecule has 0 saturated heterocycles. The Hall–Kier alpha value is -3.50. The van der Waals surface area contributed by atoms with Gasteiger partial charge in [0.25, 0.3) is 5.91 Å². The highest BCUT2D eigenvalue weighted by Crippen LogP contribution is 2.36. The number of alkyl halides is 6. The molecule has 1 aliphatic carbocycles. The van der Waals surface area contributed by atoms with Crippen molar-refractivity contribution in [3.63, 3.8) is 0 Å². The molecule has 2 N–H and O–H groups in total. The third kappa shape index (κ3) is 6.14. The van der Waals surface area contributed by atoms with Gasteiger partial charge >= 0.3 is 12.4 Å². The number of halogens is 6. The minimum absolute atomic E-state index is 0.123. The molecule has 4 nitrogen and oxygen atoms in total. The van der Waals surface area contributed by atoms with Crippen molar-refractivity contribution in [3.8, 4) is 17.9 Å². The summed E-state index contributed by atoms with van der Waals surface area (Å²) in [5, 5.41) is 22.5. The molecule has 1 saturated carbocycles. The maximum atomic E-state index is 13.3. The van der Waals surface area contributed by atoms with E-state index in [0.29, 0.717) is 31.7 Å². The van der Waals surface area contributed by atoms with Crippen LogP contribution in [0.3, 0.4) is 0 Å². The lowest BCUT2D eigenvalue weighted by atomic mass is 9.76. The maximum absolute atomic E-state index is 13.3. The van der Waals surface area contributed by atoms with Gasteiger partial charge in [-0.05, 0) is 55.3 Å². The van der Waals surface area contributed by atoms with E-state index in [2.05, 4.69) is 17.2 Å². The van der Waals surface area contributed by atoms with E-state index < -0.39 is 46.5 Å². The molecule has 0 heterocycles. The van der Waals surface area contributed by atoms with Gasteiger partial charge in [0, 0.05) is 17.2 Å². The topological polar surface area (TPSA) is 73.1 Å². The number of hydrogen-bond acceptors (Lipinski definition) is 3. The molecule has 10 heteroatoms. The smallest absolute Gasteiger partial charge is 0.369 e. The first-order valence-electron chi connectivity index (χ1n) is 10.7. The molecule has 35 heavy (non-hydrogen) atoms. The van der Waals surface area contributed by atoms with Crippen LogP contribution in [0.2, 0.25) is 0 Å². The summed E-state index contributed by atoms with van der Waals surface area (Å²) in [4.78, 5) is 13.1. The van der Waals surface area contributed by atoms with Gasteiger partial charge in [-0.15, -0.1) is 0 Å². The number of anilines is 1. The molecule has 2 aromatic carbocycles. The lowest BCUT2D eigenvalue weighted by molar-refractivity contribution is -0.138. The van der Waals surface area contributed by atoms with Crippen LogP contribution < -0.4 is 5.32 Å². The van der Waals surface area contributed by atoms with Gasteiger partial charge in [0.05, 0.1) is 22.8 Å². The van der Waals surface area contributed by atoms with Crippen LogP contribution in [0, 0.1) is 29.1 Å². The minimum Gasteiger partial charge on any atom is -0.369 e. The van der Waals surface area contributed by atoms with Crippen LogP contribution in [0.4, 0.5) is 32.0 Å². The van der Waals surface area contributed by atoms with Crippen molar-refractivity contribution in [2.45, 2.75) is 50.1 Å². The quantitative estimate of drug-likeness (QED) is 0.412. The van der Waals surface area contributed by atoms with Crippen molar-refractivity contribution < 1.29 is 36.2 Å². The number of rotatable bonds is 3. The molecule has 1 unspecified atom stereocenters. The summed E-state index contributed by atoms with van der Waals surface area (Å²) in [7, 11) is 0. The van der Waals surface area contributed by atoms with E-state index >= 15 is 0 Å². The maximum Gasteiger partial charge on any atom is 0.417 e. The first-order chi connectivity index (χ1) is 16.3. The molecule has 2 aromatic rings. The monoisotopic (exact) mass is 494 g/mol. The predicted molar refractivity (Wildman–Crippen MR) is 115 cm³/mol. The molecule has 1 fully saturated rings. The lowest BCUT2D eigenvalue weighted by Crippen LogP contribution is -2.49. The molecule has 184 valence electrons. The highest BCUT2D eigenvalue weighted by molar-refractivity contribution is 6.00. The number of nitrogens with zero attached hydrogens (tertiary/aromatic N) is 1. The summed E-state index contributed by atoms with van der Waals surface area (Å²) in [5.41, 5.74) is -5.21. The molecule has 1 atom stereocenters. The number of nitriles is 1. The van der Waals surface area contributed by atoms with Crippen LogP contribution in [-0.4, -0.2) is 16.6 Å². The second-order valence-corrected chi connectivity index (χ2v) is 8.25. The van der Waals surface area contributed by atoms with Crippen LogP contribution in [0.15, 0.2) is 42.5 Å². The van der Waals surface area contributed by atoms with Gasteiger partial charge in [0.2, 0.25) is 5.60 Å². The number of amides is 1. The molecule has 0 spiro atoms. The fraction of sp³-hybridized carbons (Fsp3) is 0.360. The number of hydrogen-bond donors (Lipinski definition) is 2. The van der Waals surface area contributed by atoms with Crippen LogP contribution in [0.5, 0.6) is 0 Å². The Morgan fingerprint density at radius 1 is 0.943 bits per heavy atom. The summed E-state index contributed by atoms with van der Waals surface area (Å²) in [5.74, 6) is 3.32. The van der Waals surface area contributed by atoms with E-state index in [4.69, 9.17) is 5.26 Å². The number of benzene rings is 2. The third-order valence-electron chi connectivity index (χ3n) is 5.86. The van der Waals surface area contributed by atoms with Crippen molar-refractivity contribution >= 4 is 11.6 Å². The molecular weight excluding hydrogens is 474 g/mol. The Balaban J connectivity index is 1.94. The SMILES string of the molecule is N#Cc1ccc(NC(=O)C(O)(C#Cc2ccc(C(F)(F)F)cc2)C2CCCCC2)cc1C(F)(F)F. The molecule has 0 aromatic heterocycles. The van der Waals surface area contributed by atoms with E-state index in [1.165, 1.54) is 6.07 Å². The van der Waals surface area contributed by atoms with Gasteiger partial charge in [-0.3, -0.25) is 4.79 Å². The third-order valence-corrected chi connectivity index (χ3v) is 5.86. The van der Waals surface area contributed by atoms with Gasteiger partial charge in [-0.25, -0.2) is 0 Å². The average molecular weight is 494 g/mol. The standard InChI is InChI=1S/C25H20F6N2O2/c26-24(27,28)19-9-6-16(7-10-19)12-13-23(35,18-4-2-1-3-5-18)22(34)33-20-11-8-17(15-32)21(14-20)25(29,30)31/h6-11,14,18,35H,1-5H2,(H,33,34). The Bertz CT molecular complexity index is 1180. The second kappa shape index (κ2) is 10.0. The summed E-state index contributed by atoms with van der Waals surface area (Å²) >= 11 is 0. The minimum atomic E-state index is -4.84. The van der Waals surface area contributed by atoms with Crippen molar-refractivity contribution in [2.75, 3.05) is 5.32 Å². The first-order valence-corrected chi connectivity index (χ1v) is 10.7. The summed E-state index contributed by atoms with van der Waals surface area (Å²) in [6, 6.07) is 7.90. The Morgan fingerprint density at radius 3 is 2.11 bits per heavy atom. The number of carbonyl (C=O) groups is 1.